The van der Waals surface area contributed by atoms with Gasteiger partial charge in [-0.3, -0.25) is 9.59 Å². The normalized spacial score (nSPS) is 10.4. The zero-order chi connectivity index (χ0) is 18.2. The highest BCUT2D eigenvalue weighted by molar-refractivity contribution is 6.00. The molecule has 0 aromatic heterocycles. The highest BCUT2D eigenvalue weighted by atomic mass is 19.2. The number of carbonyl (C=O) groups excluding carboxylic acids is 2. The van der Waals surface area contributed by atoms with Crippen LogP contribution < -0.4 is 10.1 Å². The maximum atomic E-state index is 13.1. The number of halogens is 2. The van der Waals surface area contributed by atoms with Crippen molar-refractivity contribution in [2.45, 2.75) is 26.2 Å². The summed E-state index contributed by atoms with van der Waals surface area (Å²) in [6, 6.07) is 9.81. The van der Waals surface area contributed by atoms with Crippen molar-refractivity contribution in [3.8, 4) is 5.75 Å². The van der Waals surface area contributed by atoms with Crippen molar-refractivity contribution >= 4 is 17.4 Å². The van der Waals surface area contributed by atoms with Crippen LogP contribution >= 0.6 is 0 Å². The van der Waals surface area contributed by atoms with Gasteiger partial charge in [0, 0.05) is 30.2 Å². The lowest BCUT2D eigenvalue weighted by atomic mass is 10.1. The fourth-order valence-corrected chi connectivity index (χ4v) is 2.13. The number of rotatable bonds is 8. The van der Waals surface area contributed by atoms with E-state index in [0.717, 1.165) is 18.6 Å². The highest BCUT2D eigenvalue weighted by Crippen LogP contribution is 2.16. The van der Waals surface area contributed by atoms with Crippen LogP contribution in [-0.2, 0) is 4.79 Å². The molecule has 0 unspecified atom stereocenters. The summed E-state index contributed by atoms with van der Waals surface area (Å²) in [5, 5.41) is 2.43. The molecule has 1 amide bonds. The van der Waals surface area contributed by atoms with E-state index in [0.29, 0.717) is 17.9 Å². The minimum absolute atomic E-state index is 0.0185. The van der Waals surface area contributed by atoms with Crippen LogP contribution in [0.15, 0.2) is 42.5 Å². The van der Waals surface area contributed by atoms with Crippen molar-refractivity contribution < 1.29 is 23.1 Å². The maximum Gasteiger partial charge on any atom is 0.224 e. The van der Waals surface area contributed by atoms with Crippen molar-refractivity contribution in [2.75, 3.05) is 11.9 Å². The van der Waals surface area contributed by atoms with E-state index >= 15 is 0 Å². The number of amides is 1. The topological polar surface area (TPSA) is 55.4 Å². The first-order valence-electron chi connectivity index (χ1n) is 8.00. The molecule has 0 radical (unpaired) electrons. The molecule has 0 bridgehead atoms. The molecule has 0 spiro atoms. The molecule has 132 valence electrons. The van der Waals surface area contributed by atoms with Crippen LogP contribution in [0.4, 0.5) is 14.5 Å². The van der Waals surface area contributed by atoms with E-state index in [2.05, 4.69) is 5.32 Å². The van der Waals surface area contributed by atoms with Gasteiger partial charge in [-0.2, -0.15) is 0 Å². The highest BCUT2D eigenvalue weighted by Gasteiger charge is 2.11. The second-order valence-corrected chi connectivity index (χ2v) is 5.47. The summed E-state index contributed by atoms with van der Waals surface area (Å²) in [6.07, 6.45) is 0.865. The molecule has 0 aliphatic rings. The van der Waals surface area contributed by atoms with Crippen LogP contribution in [0.2, 0.25) is 0 Å². The summed E-state index contributed by atoms with van der Waals surface area (Å²) in [6.45, 7) is 2.61. The zero-order valence-electron chi connectivity index (χ0n) is 13.9. The van der Waals surface area contributed by atoms with E-state index in [-0.39, 0.29) is 24.3 Å². The van der Waals surface area contributed by atoms with Gasteiger partial charge in [-0.15, -0.1) is 0 Å². The molecule has 0 saturated heterocycles. The first kappa shape index (κ1) is 18.6. The van der Waals surface area contributed by atoms with E-state index in [9.17, 15) is 18.4 Å². The molecule has 4 nitrogen and oxygen atoms in total. The molecule has 0 heterocycles. The Kier molecular flexibility index (Phi) is 6.62. The van der Waals surface area contributed by atoms with Gasteiger partial charge in [0.25, 0.3) is 0 Å². The van der Waals surface area contributed by atoms with Crippen LogP contribution in [0.25, 0.3) is 0 Å². The van der Waals surface area contributed by atoms with Gasteiger partial charge in [-0.05, 0) is 42.8 Å². The second kappa shape index (κ2) is 8.92. The summed E-state index contributed by atoms with van der Waals surface area (Å²) in [4.78, 5) is 23.9. The van der Waals surface area contributed by atoms with Crippen molar-refractivity contribution in [3.63, 3.8) is 0 Å². The Balaban J connectivity index is 1.84. The van der Waals surface area contributed by atoms with E-state index in [1.54, 1.807) is 24.3 Å². The number of carbonyl (C=O) groups is 2. The molecule has 0 fully saturated rings. The van der Waals surface area contributed by atoms with E-state index in [1.165, 1.54) is 6.07 Å². The van der Waals surface area contributed by atoms with Crippen molar-refractivity contribution in [1.82, 2.24) is 0 Å². The number of hydrogen-bond donors (Lipinski definition) is 1. The summed E-state index contributed by atoms with van der Waals surface area (Å²) >= 11 is 0. The third-order valence-corrected chi connectivity index (χ3v) is 3.43. The quantitative estimate of drug-likeness (QED) is 0.722. The molecule has 0 aliphatic carbocycles. The van der Waals surface area contributed by atoms with Crippen LogP contribution in [0, 0.1) is 11.6 Å². The Morgan fingerprint density at radius 3 is 2.36 bits per heavy atom. The number of anilines is 1. The standard InChI is InChI=1S/C19H19F2NO3/c1-2-11-25-15-6-3-13(4-7-15)18(23)9-10-19(24)22-14-5-8-16(20)17(21)12-14/h3-8,12H,2,9-11H2,1H3,(H,22,24). The van der Waals surface area contributed by atoms with Gasteiger partial charge in [0.1, 0.15) is 5.75 Å². The van der Waals surface area contributed by atoms with E-state index in [4.69, 9.17) is 4.74 Å². The molecular formula is C19H19F2NO3. The summed E-state index contributed by atoms with van der Waals surface area (Å²) < 4.78 is 31.4. The number of ether oxygens (including phenoxy) is 1. The van der Waals surface area contributed by atoms with Crippen molar-refractivity contribution in [3.05, 3.63) is 59.7 Å². The number of Topliss-reactive ketones (excluding diaryl/α,β-unsaturated/α-hetero) is 1. The van der Waals surface area contributed by atoms with Crippen LogP contribution in [-0.4, -0.2) is 18.3 Å². The van der Waals surface area contributed by atoms with Gasteiger partial charge < -0.3 is 10.1 Å². The molecule has 0 atom stereocenters. The maximum absolute atomic E-state index is 13.1. The monoisotopic (exact) mass is 347 g/mol. The first-order chi connectivity index (χ1) is 12.0. The summed E-state index contributed by atoms with van der Waals surface area (Å²) in [5.41, 5.74) is 0.637. The van der Waals surface area contributed by atoms with Crippen LogP contribution in [0.5, 0.6) is 5.75 Å². The second-order valence-electron chi connectivity index (χ2n) is 5.47. The zero-order valence-corrected chi connectivity index (χ0v) is 13.9. The van der Waals surface area contributed by atoms with Crippen molar-refractivity contribution in [2.24, 2.45) is 0 Å². The molecule has 1 N–H and O–H groups in total. The molecule has 2 rings (SSSR count). The fraction of sp³-hybridized carbons (Fsp3) is 0.263. The Morgan fingerprint density at radius 1 is 1.00 bits per heavy atom. The van der Waals surface area contributed by atoms with Gasteiger partial charge >= 0.3 is 0 Å². The third kappa shape index (κ3) is 5.67. The Hall–Kier alpha value is -2.76. The smallest absolute Gasteiger partial charge is 0.224 e. The SMILES string of the molecule is CCCOc1ccc(C(=O)CCC(=O)Nc2ccc(F)c(F)c2)cc1. The minimum atomic E-state index is -1.04. The van der Waals surface area contributed by atoms with Crippen LogP contribution in [0.3, 0.4) is 0 Å². The van der Waals surface area contributed by atoms with Gasteiger partial charge in [0.2, 0.25) is 5.91 Å². The lowest BCUT2D eigenvalue weighted by molar-refractivity contribution is -0.116. The Morgan fingerprint density at radius 2 is 1.72 bits per heavy atom. The number of benzene rings is 2. The fourth-order valence-electron chi connectivity index (χ4n) is 2.13. The predicted octanol–water partition coefficient (Wildman–Crippen LogP) is 4.36. The first-order valence-corrected chi connectivity index (χ1v) is 8.00. The Bertz CT molecular complexity index is 745. The number of hydrogen-bond acceptors (Lipinski definition) is 3. The molecule has 2 aromatic rings. The van der Waals surface area contributed by atoms with Crippen LogP contribution in [0.1, 0.15) is 36.5 Å². The molecule has 25 heavy (non-hydrogen) atoms. The summed E-state index contributed by atoms with van der Waals surface area (Å²) in [7, 11) is 0. The molecular weight excluding hydrogens is 328 g/mol. The molecule has 0 saturated carbocycles. The van der Waals surface area contributed by atoms with E-state index < -0.39 is 17.5 Å². The van der Waals surface area contributed by atoms with Gasteiger partial charge in [-0.1, -0.05) is 6.92 Å². The molecule has 0 aliphatic heterocycles. The Labute approximate surface area is 144 Å². The largest absolute Gasteiger partial charge is 0.494 e. The van der Waals surface area contributed by atoms with Gasteiger partial charge in [0.05, 0.1) is 6.61 Å². The lowest BCUT2D eigenvalue weighted by Gasteiger charge is -2.07. The third-order valence-electron chi connectivity index (χ3n) is 3.43. The lowest BCUT2D eigenvalue weighted by Crippen LogP contribution is -2.13. The average Bonchev–Trinajstić information content (AvgIpc) is 2.61. The average molecular weight is 347 g/mol. The van der Waals surface area contributed by atoms with Gasteiger partial charge in [0.15, 0.2) is 17.4 Å². The molecule has 2 aromatic carbocycles. The van der Waals surface area contributed by atoms with E-state index in [1.807, 2.05) is 6.92 Å². The predicted molar refractivity (Wildman–Crippen MR) is 90.8 cm³/mol. The number of nitrogens with one attached hydrogen (secondary N) is 1. The number of ketones is 1. The minimum Gasteiger partial charge on any atom is -0.494 e. The van der Waals surface area contributed by atoms with Crippen molar-refractivity contribution in [1.29, 1.82) is 0 Å². The molecule has 6 heteroatoms. The van der Waals surface area contributed by atoms with Gasteiger partial charge in [-0.25, -0.2) is 8.78 Å². The summed E-state index contributed by atoms with van der Waals surface area (Å²) in [5.74, 6) is -1.96.